The molecule has 1 amide bonds. The summed E-state index contributed by atoms with van der Waals surface area (Å²) in [5.41, 5.74) is 1.30. The Morgan fingerprint density at radius 3 is 3.00 bits per heavy atom. The van der Waals surface area contributed by atoms with Crippen LogP contribution in [0.3, 0.4) is 0 Å². The Kier molecular flexibility index (Phi) is 4.95. The zero-order valence-electron chi connectivity index (χ0n) is 11.3. The lowest BCUT2D eigenvalue weighted by atomic mass is 10.3. The van der Waals surface area contributed by atoms with Crippen LogP contribution >= 0.6 is 11.6 Å². The lowest BCUT2D eigenvalue weighted by Gasteiger charge is -2.08. The van der Waals surface area contributed by atoms with Crippen LogP contribution < -0.4 is 5.32 Å². The van der Waals surface area contributed by atoms with Crippen LogP contribution in [-0.2, 0) is 17.8 Å². The first-order valence-electron chi connectivity index (χ1n) is 6.63. The SMILES string of the molecule is CCCNC(=O)Cn1c(CCCl)nc2cc(F)ccc21. The Labute approximate surface area is 121 Å². The Morgan fingerprint density at radius 2 is 2.30 bits per heavy atom. The number of hydrogen-bond acceptors (Lipinski definition) is 2. The number of alkyl halides is 1. The first-order valence-corrected chi connectivity index (χ1v) is 7.16. The highest BCUT2D eigenvalue weighted by Gasteiger charge is 2.13. The van der Waals surface area contributed by atoms with Crippen molar-refractivity contribution in [3.05, 3.63) is 29.8 Å². The maximum Gasteiger partial charge on any atom is 0.240 e. The Hall–Kier alpha value is -1.62. The van der Waals surface area contributed by atoms with Crippen LogP contribution in [0.5, 0.6) is 0 Å². The van der Waals surface area contributed by atoms with E-state index in [1.54, 1.807) is 10.6 Å². The van der Waals surface area contributed by atoms with Gasteiger partial charge in [-0.3, -0.25) is 4.79 Å². The van der Waals surface area contributed by atoms with Gasteiger partial charge >= 0.3 is 0 Å². The predicted octanol–water partition coefficient (Wildman–Crippen LogP) is 2.48. The van der Waals surface area contributed by atoms with Gasteiger partial charge in [0, 0.05) is 24.9 Å². The number of imidazole rings is 1. The minimum absolute atomic E-state index is 0.0775. The number of aromatic nitrogens is 2. The number of carbonyl (C=O) groups excluding carboxylic acids is 1. The van der Waals surface area contributed by atoms with Crippen molar-refractivity contribution >= 4 is 28.5 Å². The zero-order chi connectivity index (χ0) is 14.5. The summed E-state index contributed by atoms with van der Waals surface area (Å²) in [4.78, 5) is 16.2. The summed E-state index contributed by atoms with van der Waals surface area (Å²) >= 11 is 5.76. The molecule has 0 fully saturated rings. The average molecular weight is 298 g/mol. The molecule has 0 aliphatic carbocycles. The number of nitrogens with one attached hydrogen (secondary N) is 1. The van der Waals surface area contributed by atoms with Gasteiger partial charge in [-0.1, -0.05) is 6.92 Å². The highest BCUT2D eigenvalue weighted by molar-refractivity contribution is 6.17. The van der Waals surface area contributed by atoms with Crippen molar-refractivity contribution in [2.24, 2.45) is 0 Å². The summed E-state index contributed by atoms with van der Waals surface area (Å²) in [5.74, 6) is 0.691. The van der Waals surface area contributed by atoms with Gasteiger partial charge in [-0.05, 0) is 18.6 Å². The third-order valence-corrected chi connectivity index (χ3v) is 3.17. The lowest BCUT2D eigenvalue weighted by Crippen LogP contribution is -2.28. The second-order valence-corrected chi connectivity index (χ2v) is 4.91. The summed E-state index contributed by atoms with van der Waals surface area (Å²) in [6, 6.07) is 4.38. The van der Waals surface area contributed by atoms with E-state index in [1.165, 1.54) is 12.1 Å². The van der Waals surface area contributed by atoms with Crippen molar-refractivity contribution in [2.45, 2.75) is 26.3 Å². The molecule has 1 N–H and O–H groups in total. The molecule has 108 valence electrons. The number of rotatable bonds is 6. The third-order valence-electron chi connectivity index (χ3n) is 2.98. The molecule has 0 aliphatic heterocycles. The number of carbonyl (C=O) groups is 1. The van der Waals surface area contributed by atoms with Gasteiger partial charge in [-0.15, -0.1) is 11.6 Å². The first-order chi connectivity index (χ1) is 9.65. The Balaban J connectivity index is 2.33. The fraction of sp³-hybridized carbons (Fsp3) is 0.429. The topological polar surface area (TPSA) is 46.9 Å². The van der Waals surface area contributed by atoms with Crippen molar-refractivity contribution in [2.75, 3.05) is 12.4 Å². The maximum atomic E-state index is 13.2. The second-order valence-electron chi connectivity index (χ2n) is 4.54. The van der Waals surface area contributed by atoms with Crippen LogP contribution in [0.15, 0.2) is 18.2 Å². The monoisotopic (exact) mass is 297 g/mol. The summed E-state index contributed by atoms with van der Waals surface area (Å²) in [6.07, 6.45) is 1.43. The van der Waals surface area contributed by atoms with Crippen LogP contribution in [0.1, 0.15) is 19.2 Å². The Bertz CT molecular complexity index is 612. The summed E-state index contributed by atoms with van der Waals surface area (Å²) in [5, 5.41) is 2.82. The lowest BCUT2D eigenvalue weighted by molar-refractivity contribution is -0.121. The van der Waals surface area contributed by atoms with Crippen LogP contribution in [0.2, 0.25) is 0 Å². The molecular formula is C14H17ClFN3O. The van der Waals surface area contributed by atoms with Gasteiger partial charge in [-0.25, -0.2) is 9.37 Å². The standard InChI is InChI=1S/C14H17ClFN3O/c1-2-7-17-14(20)9-19-12-4-3-10(16)8-11(12)18-13(19)5-6-15/h3-4,8H,2,5-7,9H2,1H3,(H,17,20). The molecule has 1 heterocycles. The number of hydrogen-bond donors (Lipinski definition) is 1. The molecule has 0 saturated carbocycles. The summed E-state index contributed by atoms with van der Waals surface area (Å²) in [7, 11) is 0. The fourth-order valence-corrected chi connectivity index (χ4v) is 2.24. The van der Waals surface area contributed by atoms with E-state index in [2.05, 4.69) is 10.3 Å². The number of fused-ring (bicyclic) bond motifs is 1. The zero-order valence-corrected chi connectivity index (χ0v) is 12.1. The third kappa shape index (κ3) is 3.28. The van der Waals surface area contributed by atoms with Gasteiger partial charge in [0.2, 0.25) is 5.91 Å². The van der Waals surface area contributed by atoms with E-state index in [0.717, 1.165) is 11.9 Å². The fourth-order valence-electron chi connectivity index (χ4n) is 2.07. The second kappa shape index (κ2) is 6.70. The van der Waals surface area contributed by atoms with Gasteiger partial charge < -0.3 is 9.88 Å². The van der Waals surface area contributed by atoms with Gasteiger partial charge in [0.05, 0.1) is 11.0 Å². The molecular weight excluding hydrogens is 281 g/mol. The van der Waals surface area contributed by atoms with Crippen LogP contribution in [0.4, 0.5) is 4.39 Å². The van der Waals surface area contributed by atoms with E-state index in [4.69, 9.17) is 11.6 Å². The van der Waals surface area contributed by atoms with Gasteiger partial charge in [0.25, 0.3) is 0 Å². The molecule has 0 bridgehead atoms. The van der Waals surface area contributed by atoms with Crippen molar-refractivity contribution in [3.8, 4) is 0 Å². The van der Waals surface area contributed by atoms with Crippen LogP contribution in [0, 0.1) is 5.82 Å². The van der Waals surface area contributed by atoms with Crippen molar-refractivity contribution in [3.63, 3.8) is 0 Å². The molecule has 1 aromatic heterocycles. The largest absolute Gasteiger partial charge is 0.355 e. The van der Waals surface area contributed by atoms with E-state index >= 15 is 0 Å². The molecule has 0 spiro atoms. The molecule has 2 aromatic rings. The van der Waals surface area contributed by atoms with E-state index in [-0.39, 0.29) is 18.3 Å². The minimum atomic E-state index is -0.338. The van der Waals surface area contributed by atoms with E-state index in [9.17, 15) is 9.18 Å². The highest BCUT2D eigenvalue weighted by Crippen LogP contribution is 2.18. The number of halogens is 2. The van der Waals surface area contributed by atoms with Gasteiger partial charge in [0.1, 0.15) is 18.2 Å². The number of aryl methyl sites for hydroxylation is 1. The van der Waals surface area contributed by atoms with E-state index < -0.39 is 0 Å². The van der Waals surface area contributed by atoms with Crippen molar-refractivity contribution < 1.29 is 9.18 Å². The number of benzene rings is 1. The molecule has 2 rings (SSSR count). The molecule has 1 aromatic carbocycles. The number of nitrogens with zero attached hydrogens (tertiary/aromatic N) is 2. The van der Waals surface area contributed by atoms with Gasteiger partial charge in [-0.2, -0.15) is 0 Å². The highest BCUT2D eigenvalue weighted by atomic mass is 35.5. The first kappa shape index (κ1) is 14.8. The molecule has 4 nitrogen and oxygen atoms in total. The number of amides is 1. The molecule has 0 saturated heterocycles. The molecule has 0 aliphatic rings. The summed E-state index contributed by atoms with van der Waals surface area (Å²) in [6.45, 7) is 2.81. The summed E-state index contributed by atoms with van der Waals surface area (Å²) < 4.78 is 15.0. The molecule has 0 unspecified atom stereocenters. The normalized spacial score (nSPS) is 10.9. The smallest absolute Gasteiger partial charge is 0.240 e. The van der Waals surface area contributed by atoms with Crippen molar-refractivity contribution in [1.29, 1.82) is 0 Å². The minimum Gasteiger partial charge on any atom is -0.355 e. The predicted molar refractivity (Wildman–Crippen MR) is 77.4 cm³/mol. The van der Waals surface area contributed by atoms with E-state index in [1.807, 2.05) is 6.92 Å². The molecule has 0 atom stereocenters. The quantitative estimate of drug-likeness (QED) is 0.833. The van der Waals surface area contributed by atoms with Crippen LogP contribution in [0.25, 0.3) is 11.0 Å². The molecule has 6 heteroatoms. The van der Waals surface area contributed by atoms with Gasteiger partial charge in [0.15, 0.2) is 0 Å². The van der Waals surface area contributed by atoms with Crippen LogP contribution in [-0.4, -0.2) is 27.9 Å². The van der Waals surface area contributed by atoms with Crippen molar-refractivity contribution in [1.82, 2.24) is 14.9 Å². The average Bonchev–Trinajstić information content (AvgIpc) is 2.74. The molecule has 20 heavy (non-hydrogen) atoms. The molecule has 0 radical (unpaired) electrons. The van der Waals surface area contributed by atoms with E-state index in [0.29, 0.717) is 30.2 Å². The maximum absolute atomic E-state index is 13.2. The Morgan fingerprint density at radius 1 is 1.50 bits per heavy atom.